The zero-order valence-electron chi connectivity index (χ0n) is 25.2. The highest BCUT2D eigenvalue weighted by atomic mass is 32.2. The van der Waals surface area contributed by atoms with Gasteiger partial charge in [0.05, 0.1) is 0 Å². The number of rotatable bonds is 6. The summed E-state index contributed by atoms with van der Waals surface area (Å²) >= 11 is 2.42. The molecule has 5 aromatic rings. The summed E-state index contributed by atoms with van der Waals surface area (Å²) in [5, 5.41) is 0.0837. The van der Waals surface area contributed by atoms with E-state index in [0.29, 0.717) is 0 Å². The Morgan fingerprint density at radius 3 is 1.35 bits per heavy atom. The van der Waals surface area contributed by atoms with Crippen molar-refractivity contribution in [2.24, 2.45) is 0 Å². The minimum absolute atomic E-state index is 0.0418. The van der Waals surface area contributed by atoms with Gasteiger partial charge in [0.25, 0.3) is 0 Å². The van der Waals surface area contributed by atoms with E-state index in [9.17, 15) is 9.59 Å². The van der Waals surface area contributed by atoms with Gasteiger partial charge in [0.1, 0.15) is 0 Å². The van der Waals surface area contributed by atoms with Gasteiger partial charge in [-0.25, -0.2) is 0 Å². The second kappa shape index (κ2) is 16.1. The number of hydrogen-bond donors (Lipinski definition) is 0. The van der Waals surface area contributed by atoms with Crippen molar-refractivity contribution >= 4 is 58.1 Å². The smallest absolute Gasteiger partial charge is 0.190 e. The Balaban J connectivity index is 1.62. The van der Waals surface area contributed by atoms with Gasteiger partial charge >= 0.3 is 0 Å². The van der Waals surface area contributed by atoms with Gasteiger partial charge in [0.2, 0.25) is 0 Å². The molecular formula is C40H28N2O2S2. The molecule has 0 amide bonds. The van der Waals surface area contributed by atoms with Crippen LogP contribution in [0.3, 0.4) is 0 Å². The second-order valence-electron chi connectivity index (χ2n) is 10.00. The molecule has 6 heteroatoms. The maximum Gasteiger partial charge on any atom is 0.190 e. The van der Waals surface area contributed by atoms with Crippen molar-refractivity contribution in [3.63, 3.8) is 0 Å². The summed E-state index contributed by atoms with van der Waals surface area (Å²) in [6.45, 7) is 3.13. The Hall–Kier alpha value is -5.40. The average Bonchev–Trinajstić information content (AvgIpc) is 3.05. The molecule has 4 nitrogen and oxygen atoms in total. The first-order valence-electron chi connectivity index (χ1n) is 14.4. The van der Waals surface area contributed by atoms with Crippen LogP contribution >= 0.6 is 23.5 Å². The Morgan fingerprint density at radius 1 is 0.543 bits per heavy atom. The van der Waals surface area contributed by atoms with E-state index in [1.54, 1.807) is 38.6 Å². The lowest BCUT2D eigenvalue weighted by Gasteiger charge is -2.07. The van der Waals surface area contributed by atoms with Gasteiger partial charge in [-0.2, -0.15) is 0 Å². The van der Waals surface area contributed by atoms with E-state index in [-0.39, 0.29) is 10.2 Å². The zero-order valence-corrected chi connectivity index (χ0v) is 26.9. The van der Waals surface area contributed by atoms with E-state index < -0.39 is 0 Å². The zero-order chi connectivity index (χ0) is 32.1. The molecule has 222 valence electrons. The fourth-order valence-electron chi connectivity index (χ4n) is 4.34. The van der Waals surface area contributed by atoms with E-state index >= 15 is 0 Å². The van der Waals surface area contributed by atoms with Gasteiger partial charge in [0, 0.05) is 70.7 Å². The topological polar surface area (TPSA) is 59.9 Å². The monoisotopic (exact) mass is 632 g/mol. The number of benzene rings is 3. The molecule has 2 heterocycles. The first kappa shape index (κ1) is 32.0. The van der Waals surface area contributed by atoms with Crippen LogP contribution in [-0.4, -0.2) is 20.2 Å². The average molecular weight is 633 g/mol. The van der Waals surface area contributed by atoms with Crippen LogP contribution in [0.25, 0.3) is 24.3 Å². The number of nitrogens with zero attached hydrogens (tertiary/aromatic N) is 2. The van der Waals surface area contributed by atoms with Crippen molar-refractivity contribution < 1.29 is 9.59 Å². The molecule has 2 aromatic heterocycles. The van der Waals surface area contributed by atoms with E-state index in [1.165, 1.54) is 23.5 Å². The van der Waals surface area contributed by atoms with E-state index in [4.69, 9.17) is 0 Å². The van der Waals surface area contributed by atoms with Crippen LogP contribution in [0.1, 0.15) is 58.4 Å². The Morgan fingerprint density at radius 2 is 0.957 bits per heavy atom. The molecular weight excluding hydrogens is 605 g/mol. The first-order chi connectivity index (χ1) is 22.4. The van der Waals surface area contributed by atoms with Crippen molar-refractivity contribution in [3.8, 4) is 23.7 Å². The molecule has 0 fully saturated rings. The molecule has 0 saturated carbocycles. The second-order valence-corrected chi connectivity index (χ2v) is 12.5. The lowest BCUT2D eigenvalue weighted by atomic mass is 9.96. The van der Waals surface area contributed by atoms with Gasteiger partial charge in [-0.1, -0.05) is 95.8 Å². The molecule has 46 heavy (non-hydrogen) atoms. The van der Waals surface area contributed by atoms with Crippen LogP contribution in [-0.2, 0) is 9.59 Å². The molecule has 3 aromatic carbocycles. The van der Waals surface area contributed by atoms with Crippen LogP contribution in [0.5, 0.6) is 0 Å². The predicted octanol–water partition coefficient (Wildman–Crippen LogP) is 8.89. The number of pyridine rings is 2. The van der Waals surface area contributed by atoms with Gasteiger partial charge in [0.15, 0.2) is 10.2 Å². The molecule has 0 aliphatic rings. The fourth-order valence-corrected chi connectivity index (χ4v) is 5.69. The highest BCUT2D eigenvalue weighted by Gasteiger charge is 2.07. The quantitative estimate of drug-likeness (QED) is 0.106. The van der Waals surface area contributed by atoms with Crippen LogP contribution < -0.4 is 0 Å². The lowest BCUT2D eigenvalue weighted by Crippen LogP contribution is -1.91. The molecule has 0 aliphatic heterocycles. The molecule has 5 rings (SSSR count). The minimum Gasteiger partial charge on any atom is -0.287 e. The first-order valence-corrected chi connectivity index (χ1v) is 16.0. The molecule has 0 bridgehead atoms. The summed E-state index contributed by atoms with van der Waals surface area (Å²) in [4.78, 5) is 33.3. The van der Waals surface area contributed by atoms with Crippen molar-refractivity contribution in [2.75, 3.05) is 0 Å². The number of hydrogen-bond acceptors (Lipinski definition) is 6. The molecule has 0 radical (unpaired) electrons. The fraction of sp³-hybridized carbons (Fsp3) is 0.0500. The Labute approximate surface area is 278 Å². The highest BCUT2D eigenvalue weighted by Crippen LogP contribution is 2.25. The molecule has 0 saturated heterocycles. The Bertz CT molecular complexity index is 1910. The predicted molar refractivity (Wildman–Crippen MR) is 191 cm³/mol. The molecule has 0 spiro atoms. The molecule has 0 atom stereocenters. The minimum atomic E-state index is 0.0418. The van der Waals surface area contributed by atoms with E-state index in [2.05, 4.69) is 45.8 Å². The van der Waals surface area contributed by atoms with Crippen LogP contribution in [0.2, 0.25) is 0 Å². The molecule has 0 unspecified atom stereocenters. The highest BCUT2D eigenvalue weighted by molar-refractivity contribution is 8.13. The third-order valence-electron chi connectivity index (χ3n) is 6.42. The maximum atomic E-state index is 11.7. The summed E-state index contributed by atoms with van der Waals surface area (Å²) in [6, 6.07) is 27.3. The maximum absolute atomic E-state index is 11.7. The summed E-state index contributed by atoms with van der Waals surface area (Å²) < 4.78 is 0. The van der Waals surface area contributed by atoms with Crippen LogP contribution in [0, 0.1) is 23.7 Å². The Kier molecular flexibility index (Phi) is 11.2. The summed E-state index contributed by atoms with van der Waals surface area (Å²) in [5.74, 6) is 13.3. The van der Waals surface area contributed by atoms with Crippen molar-refractivity contribution in [2.45, 2.75) is 23.6 Å². The largest absolute Gasteiger partial charge is 0.287 e. The normalized spacial score (nSPS) is 10.7. The van der Waals surface area contributed by atoms with Crippen LogP contribution in [0.15, 0.2) is 120 Å². The standard InChI is InChI=1S/C40H28N2O2S2/c1-29(43)45-39-7-3-5-33(25-39)11-15-37-27-36(14-10-32-19-23-42-24-20-32)38(28-35(37)13-9-31-17-21-41-22-18-31)16-12-34-6-4-8-40(26-34)46-30(2)44/h3-8,11-12,15-28H,1-2H3/b15-11+,16-12+. The van der Waals surface area contributed by atoms with Gasteiger partial charge in [-0.05, 0) is 82.9 Å². The van der Waals surface area contributed by atoms with E-state index in [0.717, 1.165) is 54.3 Å². The number of carbonyl (C=O) groups is 2. The summed E-state index contributed by atoms with van der Waals surface area (Å²) in [5.41, 5.74) is 7.13. The molecule has 0 aliphatic carbocycles. The van der Waals surface area contributed by atoms with E-state index in [1.807, 2.05) is 97.1 Å². The number of thioether (sulfide) groups is 2. The number of aromatic nitrogens is 2. The summed E-state index contributed by atoms with van der Waals surface area (Å²) in [6.07, 6.45) is 15.0. The van der Waals surface area contributed by atoms with Crippen molar-refractivity contribution in [3.05, 3.63) is 154 Å². The molecule has 0 N–H and O–H groups in total. The van der Waals surface area contributed by atoms with Crippen LogP contribution in [0.4, 0.5) is 0 Å². The van der Waals surface area contributed by atoms with Gasteiger partial charge in [-0.15, -0.1) is 0 Å². The lowest BCUT2D eigenvalue weighted by molar-refractivity contribution is -0.109. The van der Waals surface area contributed by atoms with Crippen molar-refractivity contribution in [1.29, 1.82) is 0 Å². The SMILES string of the molecule is CC(=O)Sc1cccc(/C=C/c2cc(C#Cc3ccncc3)c(/C=C/c3cccc(SC(C)=O)c3)cc2C#Cc2ccncc2)c1. The third-order valence-corrected chi connectivity index (χ3v) is 7.97. The van der Waals surface area contributed by atoms with Crippen molar-refractivity contribution in [1.82, 2.24) is 9.97 Å². The van der Waals surface area contributed by atoms with Gasteiger partial charge < -0.3 is 0 Å². The summed E-state index contributed by atoms with van der Waals surface area (Å²) in [7, 11) is 0. The number of carbonyl (C=O) groups excluding carboxylic acids is 2. The van der Waals surface area contributed by atoms with Gasteiger partial charge in [-0.3, -0.25) is 19.6 Å². The third kappa shape index (κ3) is 9.81.